The Morgan fingerprint density at radius 2 is 1.84 bits per heavy atom. The molecule has 3 aromatic carbocycles. The van der Waals surface area contributed by atoms with Crippen molar-refractivity contribution in [2.75, 3.05) is 20.3 Å². The summed E-state index contributed by atoms with van der Waals surface area (Å²) in [4.78, 5) is 20.8. The molecule has 0 radical (unpaired) electrons. The molecule has 1 aliphatic heterocycles. The number of carbonyl (C=O) groups is 1. The quantitative estimate of drug-likeness (QED) is 0.107. The summed E-state index contributed by atoms with van der Waals surface area (Å²) in [6.45, 7) is 4.72. The molecule has 6 rings (SSSR count). The Labute approximate surface area is 279 Å². The first-order valence-corrected chi connectivity index (χ1v) is 15.4. The Hall–Kier alpha value is -5.56. The molecule has 13 heteroatoms. The first-order chi connectivity index (χ1) is 23.5. The number of carboxylic acid groups (broad SMARTS) is 1. The zero-order valence-electron chi connectivity index (χ0n) is 26.9. The maximum atomic E-state index is 15.7. The van der Waals surface area contributed by atoms with Crippen LogP contribution in [0.3, 0.4) is 0 Å². The highest BCUT2D eigenvalue weighted by atomic mass is 19.1. The number of aromatic carboxylic acids is 1. The minimum Gasteiger partial charge on any atom is -0.478 e. The second kappa shape index (κ2) is 13.5. The summed E-state index contributed by atoms with van der Waals surface area (Å²) < 4.78 is 59.6. The molecule has 1 aliphatic rings. The summed E-state index contributed by atoms with van der Waals surface area (Å²) in [6, 6.07) is 15.6. The molecule has 0 aliphatic carbocycles. The van der Waals surface area contributed by atoms with E-state index >= 15 is 8.78 Å². The maximum absolute atomic E-state index is 15.7. The Kier molecular flexibility index (Phi) is 9.20. The number of imidazole rings is 1. The Balaban J connectivity index is 1.26. The van der Waals surface area contributed by atoms with Gasteiger partial charge in [0.05, 0.1) is 41.5 Å². The van der Waals surface area contributed by atoms with Crippen LogP contribution in [0.15, 0.2) is 71.8 Å². The summed E-state index contributed by atoms with van der Waals surface area (Å²) in [5, 5.41) is 21.0. The van der Waals surface area contributed by atoms with Crippen LogP contribution in [-0.4, -0.2) is 57.8 Å². The number of pyridine rings is 1. The number of fused-ring (bicyclic) bond motifs is 1. The number of hydrogen-bond acceptors (Lipinski definition) is 8. The maximum Gasteiger partial charge on any atom is 0.335 e. The first kappa shape index (κ1) is 33.3. The predicted octanol–water partition coefficient (Wildman–Crippen LogP) is 6.55. The zero-order chi connectivity index (χ0) is 34.9. The number of ether oxygens (including phenoxy) is 2. The van der Waals surface area contributed by atoms with Gasteiger partial charge in [0.15, 0.2) is 0 Å². The van der Waals surface area contributed by atoms with E-state index in [1.165, 1.54) is 30.3 Å². The van der Waals surface area contributed by atoms with E-state index in [1.54, 1.807) is 31.3 Å². The summed E-state index contributed by atoms with van der Waals surface area (Å²) in [5.74, 6) is -2.51. The Bertz CT molecular complexity index is 2110. The molecule has 3 N–H and O–H groups in total. The molecule has 1 saturated heterocycles. The molecule has 3 heterocycles. The van der Waals surface area contributed by atoms with Gasteiger partial charge in [-0.25, -0.2) is 27.9 Å². The van der Waals surface area contributed by atoms with Crippen molar-refractivity contribution in [1.29, 1.82) is 5.41 Å². The molecular weight excluding hydrogens is 637 g/mol. The van der Waals surface area contributed by atoms with Crippen LogP contribution in [0, 0.1) is 28.3 Å². The van der Waals surface area contributed by atoms with Crippen molar-refractivity contribution in [3.8, 4) is 17.1 Å². The smallest absolute Gasteiger partial charge is 0.335 e. The number of rotatable bonds is 11. The fourth-order valence-electron chi connectivity index (χ4n) is 5.94. The molecule has 5 aromatic rings. The standard InChI is InChI=1S/C36H33F3N6O4/c1-36(2)19-48-18-32(36)45-31-13-21(35(46)47)9-10-29(31)42-33(45)14-23-12-27(39)24(15-26(23)38)28-5-4-6-34(43-28)49-17-22-8-7-20(11-25(22)37)30(16-40)44-41-3/h4-13,15-16,32,40-41H,14,17-19H2,1-3H3,(H,46,47)/b40-16?,44-30+. The van der Waals surface area contributed by atoms with Crippen molar-refractivity contribution < 1.29 is 32.5 Å². The van der Waals surface area contributed by atoms with Crippen molar-refractivity contribution in [3.63, 3.8) is 0 Å². The van der Waals surface area contributed by atoms with Crippen LogP contribution in [0.1, 0.15) is 52.8 Å². The van der Waals surface area contributed by atoms with Crippen molar-refractivity contribution in [1.82, 2.24) is 20.0 Å². The lowest BCUT2D eigenvalue weighted by Crippen LogP contribution is -2.27. The van der Waals surface area contributed by atoms with Gasteiger partial charge >= 0.3 is 5.97 Å². The molecule has 0 spiro atoms. The molecule has 0 saturated carbocycles. The Morgan fingerprint density at radius 3 is 2.53 bits per heavy atom. The van der Waals surface area contributed by atoms with E-state index in [2.05, 4.69) is 15.5 Å². The summed E-state index contributed by atoms with van der Waals surface area (Å²) in [5.41, 5.74) is 4.43. The minimum absolute atomic E-state index is 0.0598. The topological polar surface area (TPSA) is 135 Å². The number of halogens is 3. The summed E-state index contributed by atoms with van der Waals surface area (Å²) in [6.07, 6.45) is 0.947. The molecule has 252 valence electrons. The van der Waals surface area contributed by atoms with Gasteiger partial charge < -0.3 is 30.0 Å². The normalized spacial score (nSPS) is 15.8. The van der Waals surface area contributed by atoms with Gasteiger partial charge in [0.1, 0.15) is 35.6 Å². The number of hydrazone groups is 1. The molecule has 1 atom stereocenters. The molecule has 2 aromatic heterocycles. The van der Waals surface area contributed by atoms with Crippen LogP contribution in [-0.2, 0) is 17.8 Å². The molecule has 49 heavy (non-hydrogen) atoms. The molecule has 10 nitrogen and oxygen atoms in total. The van der Waals surface area contributed by atoms with Gasteiger partial charge in [-0.15, -0.1) is 0 Å². The highest BCUT2D eigenvalue weighted by Gasteiger charge is 2.39. The first-order valence-electron chi connectivity index (χ1n) is 15.4. The number of aromatic nitrogens is 3. The average Bonchev–Trinajstić information content (AvgIpc) is 3.61. The Morgan fingerprint density at radius 1 is 1.06 bits per heavy atom. The number of nitrogens with one attached hydrogen (secondary N) is 2. The van der Waals surface area contributed by atoms with Crippen LogP contribution in [0.2, 0.25) is 0 Å². The van der Waals surface area contributed by atoms with E-state index in [4.69, 9.17) is 19.9 Å². The van der Waals surface area contributed by atoms with Crippen LogP contribution >= 0.6 is 0 Å². The van der Waals surface area contributed by atoms with E-state index in [0.717, 1.165) is 18.3 Å². The molecule has 0 bridgehead atoms. The average molecular weight is 671 g/mol. The van der Waals surface area contributed by atoms with E-state index in [1.807, 2.05) is 18.4 Å². The highest BCUT2D eigenvalue weighted by molar-refractivity contribution is 6.37. The van der Waals surface area contributed by atoms with Crippen LogP contribution in [0.4, 0.5) is 13.2 Å². The van der Waals surface area contributed by atoms with Crippen molar-refractivity contribution in [3.05, 3.63) is 112 Å². The van der Waals surface area contributed by atoms with Crippen LogP contribution in [0.5, 0.6) is 5.88 Å². The molecular formula is C36H33F3N6O4. The van der Waals surface area contributed by atoms with Crippen molar-refractivity contribution in [2.45, 2.75) is 32.9 Å². The molecule has 0 amide bonds. The van der Waals surface area contributed by atoms with Crippen molar-refractivity contribution >= 4 is 28.9 Å². The predicted molar refractivity (Wildman–Crippen MR) is 178 cm³/mol. The third-order valence-corrected chi connectivity index (χ3v) is 8.55. The van der Waals surface area contributed by atoms with Crippen LogP contribution < -0.4 is 10.2 Å². The molecule has 1 fully saturated rings. The summed E-state index contributed by atoms with van der Waals surface area (Å²) >= 11 is 0. The van der Waals surface area contributed by atoms with E-state index in [9.17, 15) is 14.3 Å². The van der Waals surface area contributed by atoms with E-state index in [0.29, 0.717) is 35.6 Å². The zero-order valence-corrected chi connectivity index (χ0v) is 26.9. The van der Waals surface area contributed by atoms with Gasteiger partial charge in [-0.05, 0) is 48.0 Å². The number of benzene rings is 3. The lowest BCUT2D eigenvalue weighted by Gasteiger charge is -2.28. The second-order valence-corrected chi connectivity index (χ2v) is 12.3. The van der Waals surface area contributed by atoms with Crippen molar-refractivity contribution in [2.24, 2.45) is 10.5 Å². The van der Waals surface area contributed by atoms with E-state index in [-0.39, 0.29) is 64.0 Å². The molecule has 1 unspecified atom stereocenters. The number of hydrogen-bond donors (Lipinski definition) is 3. The third-order valence-electron chi connectivity index (χ3n) is 8.55. The third kappa shape index (κ3) is 6.74. The lowest BCUT2D eigenvalue weighted by atomic mass is 9.87. The number of carboxylic acids is 1. The van der Waals surface area contributed by atoms with Gasteiger partial charge in [0, 0.05) is 47.9 Å². The van der Waals surface area contributed by atoms with E-state index < -0.39 is 23.4 Å². The minimum atomic E-state index is -1.08. The van der Waals surface area contributed by atoms with Gasteiger partial charge in [0.2, 0.25) is 5.88 Å². The van der Waals surface area contributed by atoms with Gasteiger partial charge in [-0.3, -0.25) is 0 Å². The largest absolute Gasteiger partial charge is 0.478 e. The summed E-state index contributed by atoms with van der Waals surface area (Å²) in [7, 11) is 1.57. The van der Waals surface area contributed by atoms with Gasteiger partial charge in [-0.1, -0.05) is 32.0 Å². The SMILES string of the molecule is CN/N=C(\C=N)c1ccc(COc2cccc(-c3cc(F)c(Cc4nc5ccc(C(=O)O)cc5n4C4COCC4(C)C)cc3F)n2)c(F)c1. The number of nitrogens with zero attached hydrogens (tertiary/aromatic N) is 4. The fraction of sp³-hybridized carbons (Fsp3) is 0.250. The lowest BCUT2D eigenvalue weighted by molar-refractivity contribution is 0.0697. The fourth-order valence-corrected chi connectivity index (χ4v) is 5.94. The van der Waals surface area contributed by atoms with Gasteiger partial charge in [-0.2, -0.15) is 5.10 Å². The second-order valence-electron chi connectivity index (χ2n) is 12.3. The van der Waals surface area contributed by atoms with Gasteiger partial charge in [0.25, 0.3) is 0 Å². The van der Waals surface area contributed by atoms with Crippen LogP contribution in [0.25, 0.3) is 22.3 Å². The monoisotopic (exact) mass is 670 g/mol. The highest BCUT2D eigenvalue weighted by Crippen LogP contribution is 2.40.